The summed E-state index contributed by atoms with van der Waals surface area (Å²) in [4.78, 5) is 66.7. The average Bonchev–Trinajstić information content (AvgIpc) is 0.776. The molecule has 0 unspecified atom stereocenters. The van der Waals surface area contributed by atoms with E-state index >= 15 is 0 Å². The Hall–Kier alpha value is -9.60. The van der Waals surface area contributed by atoms with Crippen molar-refractivity contribution in [2.75, 3.05) is 39.6 Å². The normalized spacial score (nSPS) is 13.1. The second kappa shape index (κ2) is 28.4. The second-order valence-corrected chi connectivity index (χ2v) is 29.0. The monoisotopic (exact) mass is 1460 g/mol. The lowest BCUT2D eigenvalue weighted by Gasteiger charge is -2.23. The lowest BCUT2D eigenvalue weighted by Crippen LogP contribution is -2.17. The standard InChI is InChI=1S/C54H48O36S6/c55-43(56)19-85-49-25-1-26-8-38(92(70,71)72)10-28(50(26)86-20-44(57)58)3-30-12-40(94(76,77)78)14-32(52(30)88-22-46(61)62)5-34-16-42(96(82,83)84)18-36(54(34)90-24-48(65)66)6-35-17-41(95(79,80)81)15-33(53(35)89-23-47(63)64)4-31-13-39(93(73,74)75)11-29(51(31)87-21-45(59)60)2-27(49)9-37(7-25)91(67,68)69/h7-18H,1-6,19-24H2,(H,55,56)(H,57,58)(H,59,60)(H,61,62)(H,63,64)(H,65,66)(H,67,68,69)(H,70,71,72)(H,73,74,75)(H,76,77,78)(H,79,80,81)(H,82,83,84). The van der Waals surface area contributed by atoms with Crippen molar-refractivity contribution < 1.29 is 166 Å². The molecule has 0 aliphatic heterocycles. The Balaban J connectivity index is 1.81. The van der Waals surface area contributed by atoms with Crippen molar-refractivity contribution in [3.63, 3.8) is 0 Å². The molecule has 0 spiro atoms. The molecule has 0 aromatic heterocycles. The highest BCUT2D eigenvalue weighted by Crippen LogP contribution is 2.44. The van der Waals surface area contributed by atoms with Crippen LogP contribution in [-0.2, 0) is 128 Å². The summed E-state index contributed by atoms with van der Waals surface area (Å²) in [6.45, 7) is -8.62. The van der Waals surface area contributed by atoms with E-state index in [-0.39, 0.29) is 0 Å². The van der Waals surface area contributed by atoms with Crippen LogP contribution in [0.5, 0.6) is 34.5 Å². The molecule has 7 rings (SSSR count). The lowest BCUT2D eigenvalue weighted by atomic mass is 9.91. The SMILES string of the molecule is O=C(O)COc1c2cc(S(=O)(=O)O)cc1Cc1cc(S(=O)(=O)O)cc(c1OCC(=O)O)Cc1cc(S(=O)(=O)O)cc(c1OCC(=O)O)Cc1cc(S(=O)(=O)O)cc(c1OCC(=O)O)Cc1cc(S(=O)(=O)O)cc(c1OCC(=O)O)Cc1cc(S(=O)(=O)O)cc(c1OCC(=O)O)C2. The molecule has 0 fully saturated rings. The summed E-state index contributed by atoms with van der Waals surface area (Å²) in [6, 6.07) is 6.47. The smallest absolute Gasteiger partial charge is 0.341 e. The number of fused-ring (bicyclic) bond motifs is 12. The molecule has 0 heterocycles. The van der Waals surface area contributed by atoms with E-state index in [0.717, 1.165) is 0 Å². The lowest BCUT2D eigenvalue weighted by molar-refractivity contribution is -0.140. The van der Waals surface area contributed by atoms with Gasteiger partial charge >= 0.3 is 35.8 Å². The number of carboxylic acids is 6. The van der Waals surface area contributed by atoms with Crippen molar-refractivity contribution in [3.8, 4) is 34.5 Å². The van der Waals surface area contributed by atoms with Crippen LogP contribution < -0.4 is 28.4 Å². The first-order chi connectivity index (χ1) is 44.3. The van der Waals surface area contributed by atoms with Gasteiger partial charge in [-0.25, -0.2) is 28.8 Å². The molecule has 36 nitrogen and oxygen atoms in total. The van der Waals surface area contributed by atoms with Gasteiger partial charge < -0.3 is 59.1 Å². The third kappa shape index (κ3) is 18.9. The summed E-state index contributed by atoms with van der Waals surface area (Å²) in [5, 5.41) is 59.7. The van der Waals surface area contributed by atoms with E-state index < -0.39 is 305 Å². The van der Waals surface area contributed by atoms with E-state index in [0.29, 0.717) is 72.8 Å². The second-order valence-electron chi connectivity index (χ2n) is 20.4. The van der Waals surface area contributed by atoms with E-state index in [1.807, 2.05) is 0 Å². The van der Waals surface area contributed by atoms with Crippen LogP contribution in [0.25, 0.3) is 0 Å². The minimum absolute atomic E-state index is 0.539. The third-order valence-corrected chi connectivity index (χ3v) is 18.4. The number of benzene rings is 6. The molecule has 0 radical (unpaired) electrons. The van der Waals surface area contributed by atoms with E-state index in [2.05, 4.69) is 0 Å². The molecular weight excluding hydrogens is 1420 g/mol. The molecule has 1 aliphatic carbocycles. The number of rotatable bonds is 24. The van der Waals surface area contributed by atoms with Crippen molar-refractivity contribution in [2.45, 2.75) is 67.9 Å². The van der Waals surface area contributed by atoms with Gasteiger partial charge in [0.2, 0.25) is 0 Å². The Morgan fingerprint density at radius 3 is 0.396 bits per heavy atom. The maximum absolute atomic E-state index is 13.3. The topological polar surface area (TPSA) is 605 Å². The Kier molecular flexibility index (Phi) is 21.8. The summed E-state index contributed by atoms with van der Waals surface area (Å²) in [5.41, 5.74) is -8.70. The first-order valence-corrected chi connectivity index (χ1v) is 34.8. The first-order valence-electron chi connectivity index (χ1n) is 26.1. The zero-order valence-corrected chi connectivity index (χ0v) is 52.9. The van der Waals surface area contributed by atoms with Gasteiger partial charge in [0.25, 0.3) is 60.7 Å². The fourth-order valence-electron chi connectivity index (χ4n) is 9.95. The number of hydrogen-bond acceptors (Lipinski definition) is 24. The van der Waals surface area contributed by atoms with Crippen LogP contribution in [0, 0.1) is 0 Å². The van der Waals surface area contributed by atoms with Crippen LogP contribution in [0.3, 0.4) is 0 Å². The molecule has 6 aromatic carbocycles. The Morgan fingerprint density at radius 2 is 0.323 bits per heavy atom. The van der Waals surface area contributed by atoms with E-state index in [4.69, 9.17) is 28.4 Å². The van der Waals surface area contributed by atoms with Crippen LogP contribution in [0.2, 0.25) is 0 Å². The Labute approximate surface area is 540 Å². The average molecular weight is 1470 g/mol. The van der Waals surface area contributed by atoms with Crippen LogP contribution >= 0.6 is 0 Å². The number of carboxylic acid groups (broad SMARTS) is 6. The predicted octanol–water partition coefficient (Wildman–Crippen LogP) is 1.81. The molecule has 0 amide bonds. The van der Waals surface area contributed by atoms with Gasteiger partial charge in [0.1, 0.15) is 34.5 Å². The highest BCUT2D eigenvalue weighted by atomic mass is 32.2. The quantitative estimate of drug-likeness (QED) is 0.0384. The fraction of sp³-hybridized carbons (Fsp3) is 0.222. The van der Waals surface area contributed by atoms with Crippen LogP contribution in [0.15, 0.2) is 102 Å². The minimum atomic E-state index is -5.61. The van der Waals surface area contributed by atoms with Crippen molar-refractivity contribution in [1.82, 2.24) is 0 Å². The van der Waals surface area contributed by atoms with E-state index in [9.17, 15) is 137 Å². The summed E-state index contributed by atoms with van der Waals surface area (Å²) in [6.07, 6.45) is -7.05. The number of hydrogen-bond donors (Lipinski definition) is 12. The number of ether oxygens (including phenoxy) is 6. The van der Waals surface area contributed by atoms with Crippen molar-refractivity contribution in [3.05, 3.63) is 140 Å². The van der Waals surface area contributed by atoms with Crippen molar-refractivity contribution in [2.24, 2.45) is 0 Å². The van der Waals surface area contributed by atoms with E-state index in [1.165, 1.54) is 0 Å². The molecule has 0 saturated carbocycles. The van der Waals surface area contributed by atoms with Crippen molar-refractivity contribution in [1.29, 1.82) is 0 Å². The largest absolute Gasteiger partial charge is 0.481 e. The highest BCUT2D eigenvalue weighted by molar-refractivity contribution is 7.87. The van der Waals surface area contributed by atoms with Gasteiger partial charge in [-0.05, 0) is 72.8 Å². The van der Waals surface area contributed by atoms with Gasteiger partial charge in [-0.3, -0.25) is 27.3 Å². The van der Waals surface area contributed by atoms with Gasteiger partial charge in [-0.15, -0.1) is 0 Å². The van der Waals surface area contributed by atoms with Gasteiger partial charge in [-0.1, -0.05) is 0 Å². The Morgan fingerprint density at radius 1 is 0.229 bits per heavy atom. The summed E-state index contributed by atoms with van der Waals surface area (Å²) in [7, 11) is -33.6. The molecule has 42 heteroatoms. The molecule has 12 N–H and O–H groups in total. The van der Waals surface area contributed by atoms with Crippen molar-refractivity contribution >= 4 is 96.5 Å². The molecule has 0 saturated heterocycles. The molecular formula is C54H48O36S6. The molecule has 0 atom stereocenters. The maximum atomic E-state index is 13.3. The third-order valence-electron chi connectivity index (χ3n) is 13.4. The van der Waals surface area contributed by atoms with Gasteiger partial charge in [0, 0.05) is 105 Å². The molecule has 12 bridgehead atoms. The van der Waals surface area contributed by atoms with Gasteiger partial charge in [0.15, 0.2) is 39.6 Å². The van der Waals surface area contributed by atoms with Crippen LogP contribution in [-0.4, -0.2) is 184 Å². The van der Waals surface area contributed by atoms with Gasteiger partial charge in [-0.2, -0.15) is 50.5 Å². The molecule has 516 valence electrons. The first kappa shape index (κ1) is 73.8. The van der Waals surface area contributed by atoms with E-state index in [1.54, 1.807) is 0 Å². The van der Waals surface area contributed by atoms with Crippen LogP contribution in [0.4, 0.5) is 0 Å². The zero-order valence-electron chi connectivity index (χ0n) is 48.0. The highest BCUT2D eigenvalue weighted by Gasteiger charge is 2.32. The summed E-state index contributed by atoms with van der Waals surface area (Å²) < 4.78 is 258. The van der Waals surface area contributed by atoms with Gasteiger partial charge in [0.05, 0.1) is 29.4 Å². The predicted molar refractivity (Wildman–Crippen MR) is 313 cm³/mol. The number of carbonyl (C=O) groups is 6. The summed E-state index contributed by atoms with van der Waals surface area (Å²) >= 11 is 0. The minimum Gasteiger partial charge on any atom is -0.481 e. The Bertz CT molecular complexity index is 4020. The fourth-order valence-corrected chi connectivity index (χ4v) is 13.4. The maximum Gasteiger partial charge on any atom is 0.341 e. The molecule has 1 aliphatic rings. The summed E-state index contributed by atoms with van der Waals surface area (Å²) in [5.74, 6) is -16.0. The number of aliphatic carboxylic acids is 6. The zero-order chi connectivity index (χ0) is 71.5. The molecule has 6 aromatic rings. The van der Waals surface area contributed by atoms with Crippen LogP contribution in [0.1, 0.15) is 66.8 Å². The molecule has 96 heavy (non-hydrogen) atoms.